The summed E-state index contributed by atoms with van der Waals surface area (Å²) in [7, 11) is -3.56. The highest BCUT2D eigenvalue weighted by Crippen LogP contribution is 2.25. The van der Waals surface area contributed by atoms with Gasteiger partial charge in [-0.1, -0.05) is 51.1 Å². The van der Waals surface area contributed by atoms with Crippen LogP contribution in [0.1, 0.15) is 49.7 Å². The minimum Gasteiger partial charge on any atom is -0.451 e. The van der Waals surface area contributed by atoms with Crippen LogP contribution in [0, 0.1) is 5.92 Å². The smallest absolute Gasteiger partial charge is 0.289 e. The number of nitrogens with zero attached hydrogens (tertiary/aromatic N) is 1. The second-order valence-corrected chi connectivity index (χ2v) is 11.3. The summed E-state index contributed by atoms with van der Waals surface area (Å²) in [5.41, 5.74) is 1.78. The standard InChI is InChI=1S/C25H30N2O4S/c1-25(2,3)20-8-10-21(11-9-20)32(29,30)26-17-18-12-14-27(15-13-18)24(28)23-16-19-6-4-5-7-22(19)31-23/h4-11,16,18,26H,12-15,17H2,1-3H3. The van der Waals surface area contributed by atoms with Crippen LogP contribution in [0.3, 0.4) is 0 Å². The maximum absolute atomic E-state index is 12.8. The van der Waals surface area contributed by atoms with Gasteiger partial charge in [-0.3, -0.25) is 4.79 Å². The summed E-state index contributed by atoms with van der Waals surface area (Å²) in [5.74, 6) is 0.432. The lowest BCUT2D eigenvalue weighted by Crippen LogP contribution is -2.41. The molecule has 0 spiro atoms. The van der Waals surface area contributed by atoms with Gasteiger partial charge in [0.05, 0.1) is 4.90 Å². The van der Waals surface area contributed by atoms with Gasteiger partial charge in [0.1, 0.15) is 5.58 Å². The molecule has 7 heteroatoms. The van der Waals surface area contributed by atoms with Crippen molar-refractivity contribution in [3.8, 4) is 0 Å². The van der Waals surface area contributed by atoms with Crippen molar-refractivity contribution in [3.05, 3.63) is 65.9 Å². The molecule has 0 unspecified atom stereocenters. The molecule has 1 amide bonds. The molecule has 0 bridgehead atoms. The van der Waals surface area contributed by atoms with Gasteiger partial charge in [0, 0.05) is 25.0 Å². The van der Waals surface area contributed by atoms with Crippen LogP contribution in [0.2, 0.25) is 0 Å². The highest BCUT2D eigenvalue weighted by Gasteiger charge is 2.27. The molecule has 4 rings (SSSR count). The van der Waals surface area contributed by atoms with Crippen molar-refractivity contribution >= 4 is 26.9 Å². The van der Waals surface area contributed by atoms with E-state index in [1.54, 1.807) is 23.1 Å². The SMILES string of the molecule is CC(C)(C)c1ccc(S(=O)(=O)NCC2CCN(C(=O)c3cc4ccccc4o3)CC2)cc1. The van der Waals surface area contributed by atoms with Crippen molar-refractivity contribution in [1.82, 2.24) is 9.62 Å². The van der Waals surface area contributed by atoms with E-state index in [1.165, 1.54) is 0 Å². The molecule has 6 nitrogen and oxygen atoms in total. The Balaban J connectivity index is 1.31. The van der Waals surface area contributed by atoms with E-state index in [9.17, 15) is 13.2 Å². The van der Waals surface area contributed by atoms with Gasteiger partial charge in [-0.2, -0.15) is 0 Å². The van der Waals surface area contributed by atoms with Crippen LogP contribution in [0.25, 0.3) is 11.0 Å². The van der Waals surface area contributed by atoms with Gasteiger partial charge in [-0.15, -0.1) is 0 Å². The Bertz CT molecular complexity index is 1170. The molecule has 3 aromatic rings. The number of para-hydroxylation sites is 1. The molecule has 1 N–H and O–H groups in total. The van der Waals surface area contributed by atoms with Crippen LogP contribution in [-0.2, 0) is 15.4 Å². The predicted octanol–water partition coefficient (Wildman–Crippen LogP) is 4.56. The zero-order chi connectivity index (χ0) is 22.9. The number of carbonyl (C=O) groups excluding carboxylic acids is 1. The van der Waals surface area contributed by atoms with Gasteiger partial charge < -0.3 is 9.32 Å². The number of rotatable bonds is 5. The van der Waals surface area contributed by atoms with Crippen LogP contribution < -0.4 is 4.72 Å². The number of hydrogen-bond donors (Lipinski definition) is 1. The third-order valence-corrected chi connectivity index (χ3v) is 7.57. The van der Waals surface area contributed by atoms with Gasteiger partial charge in [-0.25, -0.2) is 13.1 Å². The summed E-state index contributed by atoms with van der Waals surface area (Å²) in [4.78, 5) is 14.9. The van der Waals surface area contributed by atoms with Crippen LogP contribution in [0.15, 0.2) is 63.9 Å². The number of sulfonamides is 1. The van der Waals surface area contributed by atoms with Crippen LogP contribution >= 0.6 is 0 Å². The lowest BCUT2D eigenvalue weighted by atomic mass is 9.87. The first-order valence-corrected chi connectivity index (χ1v) is 12.5. The zero-order valence-corrected chi connectivity index (χ0v) is 19.6. The van der Waals surface area contributed by atoms with E-state index in [4.69, 9.17) is 4.42 Å². The minimum absolute atomic E-state index is 0.0243. The zero-order valence-electron chi connectivity index (χ0n) is 18.8. The summed E-state index contributed by atoms with van der Waals surface area (Å²) in [6.07, 6.45) is 1.49. The minimum atomic E-state index is -3.56. The fourth-order valence-corrected chi connectivity index (χ4v) is 5.14. The first-order chi connectivity index (χ1) is 15.1. The van der Waals surface area contributed by atoms with E-state index in [0.29, 0.717) is 31.0 Å². The Morgan fingerprint density at radius 3 is 2.34 bits per heavy atom. The average Bonchev–Trinajstić information content (AvgIpc) is 3.21. The maximum Gasteiger partial charge on any atom is 0.289 e. The van der Waals surface area contributed by atoms with Gasteiger partial charge in [-0.05, 0) is 54.0 Å². The normalized spacial score (nSPS) is 15.9. The van der Waals surface area contributed by atoms with Gasteiger partial charge in [0.25, 0.3) is 5.91 Å². The molecule has 1 aliphatic rings. The van der Waals surface area contributed by atoms with Crippen LogP contribution in [0.5, 0.6) is 0 Å². The highest BCUT2D eigenvalue weighted by molar-refractivity contribution is 7.89. The van der Waals surface area contributed by atoms with Gasteiger partial charge >= 0.3 is 0 Å². The fraction of sp³-hybridized carbons (Fsp3) is 0.400. The fourth-order valence-electron chi connectivity index (χ4n) is 4.03. The number of nitrogens with one attached hydrogen (secondary N) is 1. The summed E-state index contributed by atoms with van der Waals surface area (Å²) in [5, 5.41) is 0.913. The third kappa shape index (κ3) is 4.89. The quantitative estimate of drug-likeness (QED) is 0.613. The number of fused-ring (bicyclic) bond motifs is 1. The van der Waals surface area contributed by atoms with Gasteiger partial charge in [0.15, 0.2) is 5.76 Å². The van der Waals surface area contributed by atoms with Crippen molar-refractivity contribution in [1.29, 1.82) is 0 Å². The Morgan fingerprint density at radius 2 is 1.72 bits per heavy atom. The number of amides is 1. The number of likely N-dealkylation sites (tertiary alicyclic amines) is 1. The maximum atomic E-state index is 12.8. The van der Waals surface area contributed by atoms with E-state index in [-0.39, 0.29) is 22.1 Å². The van der Waals surface area contributed by atoms with E-state index < -0.39 is 10.0 Å². The van der Waals surface area contributed by atoms with Crippen molar-refractivity contribution < 1.29 is 17.6 Å². The van der Waals surface area contributed by atoms with Crippen molar-refractivity contribution in [3.63, 3.8) is 0 Å². The molecule has 0 saturated carbocycles. The molecule has 2 aromatic carbocycles. The molecular formula is C25H30N2O4S. The molecule has 32 heavy (non-hydrogen) atoms. The number of hydrogen-bond acceptors (Lipinski definition) is 4. The van der Waals surface area contributed by atoms with Crippen molar-refractivity contribution in [2.45, 2.75) is 43.9 Å². The summed E-state index contributed by atoms with van der Waals surface area (Å²) >= 11 is 0. The molecule has 1 aliphatic heterocycles. The highest BCUT2D eigenvalue weighted by atomic mass is 32.2. The summed E-state index contributed by atoms with van der Waals surface area (Å²) in [6.45, 7) is 7.83. The third-order valence-electron chi connectivity index (χ3n) is 6.13. The molecule has 0 radical (unpaired) electrons. The Labute approximate surface area is 189 Å². The average molecular weight is 455 g/mol. The number of piperidine rings is 1. The number of carbonyl (C=O) groups is 1. The number of furan rings is 1. The lowest BCUT2D eigenvalue weighted by Gasteiger charge is -2.31. The lowest BCUT2D eigenvalue weighted by molar-refractivity contribution is 0.0662. The second kappa shape index (κ2) is 8.71. The topological polar surface area (TPSA) is 79.6 Å². The Kier molecular flexibility index (Phi) is 6.14. The molecule has 1 saturated heterocycles. The second-order valence-electron chi connectivity index (χ2n) is 9.51. The molecule has 1 fully saturated rings. The summed E-state index contributed by atoms with van der Waals surface area (Å²) in [6, 6.07) is 16.4. The largest absolute Gasteiger partial charge is 0.451 e. The number of benzene rings is 2. The monoisotopic (exact) mass is 454 g/mol. The van der Waals surface area contributed by atoms with E-state index in [1.807, 2.05) is 36.4 Å². The first-order valence-electron chi connectivity index (χ1n) is 11.0. The Morgan fingerprint density at radius 1 is 1.06 bits per heavy atom. The molecular weight excluding hydrogens is 424 g/mol. The van der Waals surface area contributed by atoms with E-state index in [2.05, 4.69) is 25.5 Å². The molecule has 0 atom stereocenters. The molecule has 0 aliphatic carbocycles. The van der Waals surface area contributed by atoms with Crippen LogP contribution in [0.4, 0.5) is 0 Å². The van der Waals surface area contributed by atoms with Crippen LogP contribution in [-0.4, -0.2) is 38.9 Å². The van der Waals surface area contributed by atoms with E-state index in [0.717, 1.165) is 23.8 Å². The summed E-state index contributed by atoms with van der Waals surface area (Å²) < 4.78 is 33.8. The van der Waals surface area contributed by atoms with Gasteiger partial charge in [0.2, 0.25) is 10.0 Å². The molecule has 170 valence electrons. The predicted molar refractivity (Wildman–Crippen MR) is 125 cm³/mol. The first kappa shape index (κ1) is 22.6. The van der Waals surface area contributed by atoms with Crippen molar-refractivity contribution in [2.75, 3.05) is 19.6 Å². The molecule has 1 aromatic heterocycles. The Hall–Kier alpha value is -2.64. The van der Waals surface area contributed by atoms with Crippen molar-refractivity contribution in [2.24, 2.45) is 5.92 Å². The van der Waals surface area contributed by atoms with E-state index >= 15 is 0 Å². The molecule has 2 heterocycles.